The molecule has 0 aromatic heterocycles. The van der Waals surface area contributed by atoms with Gasteiger partial charge in [0, 0.05) is 40.4 Å². The van der Waals surface area contributed by atoms with Crippen LogP contribution in [-0.2, 0) is 0 Å². The SMILES string of the molecule is FC(F)(F)[C]=C(C#CC(F)(F)F)c1ccc(Cl)cc1.[CH2]CCC.[CH2]CCC.[CH2]CCC.[Sn]. The quantitative estimate of drug-likeness (QED) is 0.187. The van der Waals surface area contributed by atoms with Crippen molar-refractivity contribution in [1.82, 2.24) is 0 Å². The molecule has 0 spiro atoms. The summed E-state index contributed by atoms with van der Waals surface area (Å²) in [4.78, 5) is 0. The van der Waals surface area contributed by atoms with Crippen molar-refractivity contribution in [3.63, 3.8) is 0 Å². The summed E-state index contributed by atoms with van der Waals surface area (Å²) in [6, 6.07) is 4.73. The van der Waals surface area contributed by atoms with Gasteiger partial charge in [-0.3, -0.25) is 0 Å². The van der Waals surface area contributed by atoms with E-state index < -0.39 is 17.9 Å². The average Bonchev–Trinajstić information content (AvgIpc) is 2.71. The molecule has 1 aromatic carbocycles. The summed E-state index contributed by atoms with van der Waals surface area (Å²) in [5.74, 6) is 2.19. The number of alkyl halides is 6. The molecule has 32 heavy (non-hydrogen) atoms. The van der Waals surface area contributed by atoms with Gasteiger partial charge in [-0.25, -0.2) is 0 Å². The van der Waals surface area contributed by atoms with E-state index in [0.717, 1.165) is 43.4 Å². The Morgan fingerprint density at radius 2 is 1.12 bits per heavy atom. The number of hydrogen-bond acceptors (Lipinski definition) is 0. The standard InChI is InChI=1S/C12H4ClF6.3C4H9.Sn/c13-10-3-1-8(2-4-10)9(7-12(17,18)19)5-6-11(14,15)16;3*1-3-4-2;/h1-4H;3*1,3-4H2,2H3;. The van der Waals surface area contributed by atoms with Crippen molar-refractivity contribution >= 4 is 41.1 Å². The normalized spacial score (nSPS) is 10.5. The van der Waals surface area contributed by atoms with Crippen molar-refractivity contribution in [3.05, 3.63) is 61.7 Å². The van der Waals surface area contributed by atoms with Gasteiger partial charge in [0.1, 0.15) is 0 Å². The van der Waals surface area contributed by atoms with Gasteiger partial charge >= 0.3 is 12.4 Å². The van der Waals surface area contributed by atoms with Gasteiger partial charge < -0.3 is 0 Å². The Labute approximate surface area is 212 Å². The Bertz CT molecular complexity index is 608. The van der Waals surface area contributed by atoms with Crippen LogP contribution in [0.3, 0.4) is 0 Å². The van der Waals surface area contributed by atoms with Crippen LogP contribution < -0.4 is 0 Å². The topological polar surface area (TPSA) is 0 Å². The van der Waals surface area contributed by atoms with Gasteiger partial charge in [0.15, 0.2) is 0 Å². The molecule has 0 N–H and O–H groups in total. The largest absolute Gasteiger partial charge is 0.458 e. The van der Waals surface area contributed by atoms with Gasteiger partial charge in [0.2, 0.25) is 0 Å². The van der Waals surface area contributed by atoms with Crippen LogP contribution in [0.4, 0.5) is 26.3 Å². The van der Waals surface area contributed by atoms with Gasteiger partial charge in [-0.05, 0) is 17.7 Å². The molecule has 180 valence electrons. The first-order valence-corrected chi connectivity index (χ1v) is 10.1. The molecule has 0 fully saturated rings. The van der Waals surface area contributed by atoms with E-state index in [9.17, 15) is 26.3 Å². The van der Waals surface area contributed by atoms with Gasteiger partial charge in [-0.2, -0.15) is 26.3 Å². The summed E-state index contributed by atoms with van der Waals surface area (Å²) in [6.07, 6.45) is -1.98. The van der Waals surface area contributed by atoms with Crippen LogP contribution in [0, 0.1) is 38.7 Å². The summed E-state index contributed by atoms with van der Waals surface area (Å²) >= 11 is 5.53. The van der Waals surface area contributed by atoms with Crippen molar-refractivity contribution in [2.45, 2.75) is 71.6 Å². The van der Waals surface area contributed by atoms with E-state index in [0.29, 0.717) is 0 Å². The third-order valence-electron chi connectivity index (χ3n) is 2.79. The minimum atomic E-state index is -4.89. The fourth-order valence-corrected chi connectivity index (χ4v) is 1.19. The molecule has 0 saturated carbocycles. The number of hydrogen-bond donors (Lipinski definition) is 0. The number of allylic oxidation sites excluding steroid dienone is 2. The second-order valence-corrected chi connectivity index (χ2v) is 6.25. The first-order chi connectivity index (χ1) is 14.3. The van der Waals surface area contributed by atoms with Crippen LogP contribution in [0.5, 0.6) is 0 Å². The molecule has 0 atom stereocenters. The van der Waals surface area contributed by atoms with E-state index >= 15 is 0 Å². The van der Waals surface area contributed by atoms with E-state index in [1.54, 1.807) is 0 Å². The molecule has 8 radical (unpaired) electrons. The fourth-order valence-electron chi connectivity index (χ4n) is 1.07. The number of rotatable bonds is 4. The molecule has 0 unspecified atom stereocenters. The monoisotopic (exact) mass is 588 g/mol. The molecule has 0 amide bonds. The summed E-state index contributed by atoms with van der Waals surface area (Å²) in [7, 11) is 0. The van der Waals surface area contributed by atoms with E-state index in [1.807, 2.05) is 0 Å². The van der Waals surface area contributed by atoms with Crippen molar-refractivity contribution in [1.29, 1.82) is 0 Å². The minimum Gasteiger partial charge on any atom is -0.166 e. The smallest absolute Gasteiger partial charge is 0.166 e. The predicted octanol–water partition coefficient (Wildman–Crippen LogP) is 9.14. The molecule has 0 aliphatic rings. The van der Waals surface area contributed by atoms with Crippen LogP contribution in [0.1, 0.15) is 64.9 Å². The number of halogens is 7. The minimum absolute atomic E-state index is 0. The molecule has 0 aliphatic heterocycles. The summed E-state index contributed by atoms with van der Waals surface area (Å²) in [6.45, 7) is 17.2. The maximum atomic E-state index is 12.2. The Kier molecular flexibility index (Phi) is 28.1. The fraction of sp³-hybridized carbons (Fsp3) is 0.458. The van der Waals surface area contributed by atoms with Crippen molar-refractivity contribution in [2.75, 3.05) is 0 Å². The number of benzene rings is 1. The van der Waals surface area contributed by atoms with Gasteiger partial charge in [-0.15, -0.1) is 0 Å². The molecule has 8 heteroatoms. The molecule has 0 heterocycles. The van der Waals surface area contributed by atoms with E-state index in [1.165, 1.54) is 37.3 Å². The Balaban J connectivity index is -0.000000250. The average molecular weight is 588 g/mol. The molecule has 1 rings (SSSR count). The van der Waals surface area contributed by atoms with E-state index in [4.69, 9.17) is 11.6 Å². The Morgan fingerprint density at radius 3 is 1.38 bits per heavy atom. The van der Waals surface area contributed by atoms with Crippen LogP contribution in [0.15, 0.2) is 24.3 Å². The van der Waals surface area contributed by atoms with Crippen LogP contribution >= 0.6 is 11.6 Å². The van der Waals surface area contributed by atoms with Crippen molar-refractivity contribution < 1.29 is 26.3 Å². The molecule has 0 nitrogen and oxygen atoms in total. The summed E-state index contributed by atoms with van der Waals surface area (Å²) in [5, 5.41) is 0.235. The van der Waals surface area contributed by atoms with E-state index in [2.05, 4.69) is 41.5 Å². The third-order valence-corrected chi connectivity index (χ3v) is 3.04. The summed E-state index contributed by atoms with van der Waals surface area (Å²) in [5.41, 5.74) is -1.06. The molecule has 0 bridgehead atoms. The Morgan fingerprint density at radius 1 is 0.781 bits per heavy atom. The molecule has 0 saturated heterocycles. The first kappa shape index (κ1) is 38.5. The Hall–Kier alpha value is -0.811. The molecular weight excluding hydrogens is 556 g/mol. The van der Waals surface area contributed by atoms with Crippen LogP contribution in [0.2, 0.25) is 5.02 Å². The van der Waals surface area contributed by atoms with E-state index in [-0.39, 0.29) is 34.5 Å². The molecular formula is C24H31ClF6Sn. The molecule has 1 aromatic rings. The van der Waals surface area contributed by atoms with Crippen LogP contribution in [-0.4, -0.2) is 36.3 Å². The second kappa shape index (κ2) is 23.4. The second-order valence-electron chi connectivity index (χ2n) is 5.81. The summed E-state index contributed by atoms with van der Waals surface area (Å²) < 4.78 is 72.3. The third kappa shape index (κ3) is 31.4. The zero-order valence-electron chi connectivity index (χ0n) is 18.8. The zero-order valence-corrected chi connectivity index (χ0v) is 22.4. The molecule has 0 aliphatic carbocycles. The maximum absolute atomic E-state index is 12.2. The predicted molar refractivity (Wildman–Crippen MR) is 125 cm³/mol. The first-order valence-electron chi connectivity index (χ1n) is 9.77. The maximum Gasteiger partial charge on any atom is 0.458 e. The zero-order chi connectivity index (χ0) is 24.9. The van der Waals surface area contributed by atoms with Gasteiger partial charge in [-0.1, -0.05) is 110 Å². The van der Waals surface area contributed by atoms with Gasteiger partial charge in [0.25, 0.3) is 0 Å². The number of unbranched alkanes of at least 4 members (excludes halogenated alkanes) is 3. The van der Waals surface area contributed by atoms with Gasteiger partial charge in [0.05, 0.1) is 6.08 Å². The van der Waals surface area contributed by atoms with Crippen molar-refractivity contribution in [2.24, 2.45) is 0 Å². The van der Waals surface area contributed by atoms with Crippen LogP contribution in [0.25, 0.3) is 5.57 Å². The van der Waals surface area contributed by atoms with Crippen molar-refractivity contribution in [3.8, 4) is 11.8 Å².